The SMILES string of the molecule is CC(=O)NC1CN(Cc2ccc3cc4c(c(OC(=O)OC(C)(C)C)c3c2)C(O)=C2C(=O)[C@]3(O[Si](C)(C)C(C)(C)C)C(=O)c5c(OCc6ccccc6)noc5[C@@H](N(C)C)[C@@H]3C[C@@H]2C4)C1. The van der Waals surface area contributed by atoms with Gasteiger partial charge in [-0.3, -0.25) is 24.2 Å². The van der Waals surface area contributed by atoms with Crippen molar-refractivity contribution in [3.63, 3.8) is 0 Å². The minimum Gasteiger partial charge on any atom is -0.507 e. The number of hydrogen-bond acceptors (Lipinski definition) is 13. The number of carbonyl (C=O) groups is 4. The van der Waals surface area contributed by atoms with Crippen molar-refractivity contribution in [2.75, 3.05) is 27.2 Å². The molecule has 15 heteroatoms. The van der Waals surface area contributed by atoms with Crippen LogP contribution in [0.1, 0.15) is 99.3 Å². The van der Waals surface area contributed by atoms with E-state index in [4.69, 9.17) is 23.2 Å². The Bertz CT molecular complexity index is 2560. The molecule has 4 atom stereocenters. The monoisotopic (exact) mass is 892 g/mol. The molecule has 2 N–H and O–H groups in total. The minimum atomic E-state index is -2.99. The summed E-state index contributed by atoms with van der Waals surface area (Å²) in [7, 11) is 0.767. The topological polar surface area (TPSA) is 170 Å². The number of nitrogens with one attached hydrogen (secondary N) is 1. The van der Waals surface area contributed by atoms with E-state index in [1.165, 1.54) is 6.92 Å². The number of aliphatic hydroxyl groups excluding tert-OH is 1. The van der Waals surface area contributed by atoms with E-state index in [0.717, 1.165) is 16.5 Å². The minimum absolute atomic E-state index is 0.0336. The summed E-state index contributed by atoms with van der Waals surface area (Å²) in [6.07, 6.45) is -0.389. The lowest BCUT2D eigenvalue weighted by atomic mass is 9.57. The molecule has 4 aromatic rings. The molecular formula is C49H60N4O10Si. The Kier molecular flexibility index (Phi) is 11.5. The number of benzene rings is 3. The van der Waals surface area contributed by atoms with Gasteiger partial charge < -0.3 is 33.6 Å². The van der Waals surface area contributed by atoms with Crippen molar-refractivity contribution in [1.82, 2.24) is 20.3 Å². The van der Waals surface area contributed by atoms with Gasteiger partial charge in [0.15, 0.2) is 25.4 Å². The van der Waals surface area contributed by atoms with E-state index in [-0.39, 0.29) is 59.1 Å². The Morgan fingerprint density at radius 2 is 1.69 bits per heavy atom. The highest BCUT2D eigenvalue weighted by Gasteiger charge is 2.69. The van der Waals surface area contributed by atoms with E-state index in [2.05, 4.69) is 15.4 Å². The van der Waals surface area contributed by atoms with E-state index in [1.54, 1.807) is 20.8 Å². The van der Waals surface area contributed by atoms with E-state index >= 15 is 9.59 Å². The Balaban J connectivity index is 1.28. The standard InChI is InChI=1S/C49H60N4O10Si/c1-27(54)50-33-24-53(25-33)23-29-17-18-30-20-31-21-32-22-35-39(52(8)9)42-38(45(51-62-42)59-26-28-15-13-12-14-16-28)44(57)49(35,63-64(10,11)48(5,6)7)43(56)37(32)40(55)36(31)41(34(30)19-29)60-46(58)61-47(2,3)4/h12-20,32-33,35,39,55H,21-26H2,1-11H3,(H,50,54)/t32-,35-,39-,49-/m0/s1. The number of nitrogens with zero attached hydrogens (tertiary/aromatic N) is 3. The number of carbonyl (C=O) groups excluding carboxylic acids is 4. The van der Waals surface area contributed by atoms with Crippen LogP contribution in [-0.2, 0) is 38.3 Å². The molecule has 3 aliphatic carbocycles. The van der Waals surface area contributed by atoms with Gasteiger partial charge in [0.2, 0.25) is 17.5 Å². The lowest BCUT2D eigenvalue weighted by Crippen LogP contribution is -2.68. The second kappa shape index (κ2) is 16.3. The number of Topliss-reactive ketones (excluding diaryl/α,β-unsaturated/α-hetero) is 2. The first-order chi connectivity index (χ1) is 30.0. The largest absolute Gasteiger partial charge is 0.514 e. The van der Waals surface area contributed by atoms with Crippen molar-refractivity contribution in [2.45, 2.75) is 116 Å². The predicted molar refractivity (Wildman–Crippen MR) is 243 cm³/mol. The number of fused-ring (bicyclic) bond motifs is 5. The highest BCUT2D eigenvalue weighted by molar-refractivity contribution is 6.74. The summed E-state index contributed by atoms with van der Waals surface area (Å²) in [5.41, 5.74) is -0.255. The summed E-state index contributed by atoms with van der Waals surface area (Å²) in [5.74, 6) is -2.65. The molecule has 340 valence electrons. The van der Waals surface area contributed by atoms with Crippen LogP contribution >= 0.6 is 0 Å². The third-order valence-corrected chi connectivity index (χ3v) is 17.9. The van der Waals surface area contributed by atoms with Crippen molar-refractivity contribution in [2.24, 2.45) is 11.8 Å². The third-order valence-electron chi connectivity index (χ3n) is 13.5. The molecule has 2 fully saturated rings. The molecule has 1 saturated carbocycles. The van der Waals surface area contributed by atoms with Crippen molar-refractivity contribution in [1.29, 1.82) is 0 Å². The maximum absolute atomic E-state index is 16.0. The molecule has 8 rings (SSSR count). The molecule has 0 radical (unpaired) electrons. The van der Waals surface area contributed by atoms with Crippen LogP contribution in [0.3, 0.4) is 0 Å². The number of aromatic nitrogens is 1. The van der Waals surface area contributed by atoms with Gasteiger partial charge in [0.05, 0.1) is 17.6 Å². The normalized spacial score (nSPS) is 22.7. The van der Waals surface area contributed by atoms with Crippen molar-refractivity contribution >= 4 is 48.5 Å². The van der Waals surface area contributed by atoms with Crippen LogP contribution in [0.5, 0.6) is 11.6 Å². The van der Waals surface area contributed by atoms with Crippen molar-refractivity contribution in [3.8, 4) is 11.6 Å². The van der Waals surface area contributed by atoms with Gasteiger partial charge in [0.1, 0.15) is 23.5 Å². The van der Waals surface area contributed by atoms with E-state index < -0.39 is 60.2 Å². The van der Waals surface area contributed by atoms with Gasteiger partial charge in [0.25, 0.3) is 5.88 Å². The third kappa shape index (κ3) is 8.05. The second-order valence-electron chi connectivity index (χ2n) is 20.6. The zero-order chi connectivity index (χ0) is 46.3. The van der Waals surface area contributed by atoms with Crippen LogP contribution in [0, 0.1) is 11.8 Å². The quantitative estimate of drug-likeness (QED) is 0.0675. The van der Waals surface area contributed by atoms with Gasteiger partial charge in [0, 0.05) is 43.4 Å². The molecule has 0 spiro atoms. The molecule has 2 heterocycles. The van der Waals surface area contributed by atoms with Crippen LogP contribution in [0.25, 0.3) is 16.5 Å². The first kappa shape index (κ1) is 45.2. The first-order valence-corrected chi connectivity index (χ1v) is 24.9. The second-order valence-corrected chi connectivity index (χ2v) is 25.3. The van der Waals surface area contributed by atoms with Gasteiger partial charge in [-0.1, -0.05) is 69.3 Å². The molecule has 3 aromatic carbocycles. The highest BCUT2D eigenvalue weighted by atomic mass is 28.4. The average Bonchev–Trinajstić information content (AvgIpc) is 3.59. The summed E-state index contributed by atoms with van der Waals surface area (Å²) < 4.78 is 31.3. The highest BCUT2D eigenvalue weighted by Crippen LogP contribution is 2.59. The van der Waals surface area contributed by atoms with Crippen LogP contribution in [0.4, 0.5) is 4.79 Å². The number of likely N-dealkylation sites (tertiary alicyclic amines) is 1. The number of amides is 1. The summed E-state index contributed by atoms with van der Waals surface area (Å²) in [4.78, 5) is 61.1. The average molecular weight is 893 g/mol. The Morgan fingerprint density at radius 1 is 0.984 bits per heavy atom. The van der Waals surface area contributed by atoms with Crippen LogP contribution in [0.2, 0.25) is 18.1 Å². The fourth-order valence-corrected chi connectivity index (χ4v) is 11.1. The van der Waals surface area contributed by atoms with Crippen LogP contribution in [0.15, 0.2) is 64.7 Å². The first-order valence-electron chi connectivity index (χ1n) is 22.0. The van der Waals surface area contributed by atoms with Gasteiger partial charge in [-0.15, -0.1) is 0 Å². The summed E-state index contributed by atoms with van der Waals surface area (Å²) in [6, 6.07) is 16.8. The van der Waals surface area contributed by atoms with Crippen LogP contribution in [-0.4, -0.2) is 96.4 Å². The van der Waals surface area contributed by atoms with Gasteiger partial charge in [-0.05, 0) is 105 Å². The smallest absolute Gasteiger partial charge is 0.507 e. The zero-order valence-electron chi connectivity index (χ0n) is 38.7. The molecule has 0 bridgehead atoms. The van der Waals surface area contributed by atoms with Gasteiger partial charge in [-0.25, -0.2) is 4.79 Å². The maximum atomic E-state index is 16.0. The summed E-state index contributed by atoms with van der Waals surface area (Å²) in [6.45, 7) is 18.9. The number of aliphatic hydroxyl groups is 1. The molecule has 1 aliphatic heterocycles. The van der Waals surface area contributed by atoms with E-state index in [0.29, 0.717) is 42.8 Å². The molecule has 1 aromatic heterocycles. The van der Waals surface area contributed by atoms with Crippen molar-refractivity contribution < 1.29 is 47.4 Å². The fourth-order valence-electron chi connectivity index (χ4n) is 9.64. The molecule has 0 unspecified atom stereocenters. The molecule has 1 amide bonds. The number of rotatable bonds is 10. The van der Waals surface area contributed by atoms with Gasteiger partial charge in [-0.2, -0.15) is 0 Å². The summed E-state index contributed by atoms with van der Waals surface area (Å²) >= 11 is 0. The molecule has 1 saturated heterocycles. The van der Waals surface area contributed by atoms with E-state index in [1.807, 2.05) is 107 Å². The molecular weight excluding hydrogens is 833 g/mol. The Morgan fingerprint density at radius 3 is 2.33 bits per heavy atom. The Hall–Kier alpha value is -5.35. The lowest BCUT2D eigenvalue weighted by Gasteiger charge is -2.55. The van der Waals surface area contributed by atoms with E-state index in [9.17, 15) is 14.7 Å². The molecule has 14 nitrogen and oxygen atoms in total. The number of hydrogen-bond donors (Lipinski definition) is 2. The van der Waals surface area contributed by atoms with Crippen molar-refractivity contribution in [3.05, 3.63) is 93.7 Å². The molecule has 64 heavy (non-hydrogen) atoms. The Labute approximate surface area is 375 Å². The summed E-state index contributed by atoms with van der Waals surface area (Å²) in [5, 5.41) is 20.9. The fraction of sp³-hybridized carbons (Fsp3) is 0.490. The number of ether oxygens (including phenoxy) is 3. The zero-order valence-corrected chi connectivity index (χ0v) is 39.7. The predicted octanol–water partition coefficient (Wildman–Crippen LogP) is 8.33. The van der Waals surface area contributed by atoms with Crippen LogP contribution < -0.4 is 14.8 Å². The molecule has 4 aliphatic rings. The maximum Gasteiger partial charge on any atom is 0.514 e. The van der Waals surface area contributed by atoms with Gasteiger partial charge >= 0.3 is 6.16 Å². The number of ketones is 2. The lowest BCUT2D eigenvalue weighted by molar-refractivity contribution is -0.140.